The van der Waals surface area contributed by atoms with Crippen molar-refractivity contribution in [3.05, 3.63) is 10.3 Å². The highest BCUT2D eigenvalue weighted by atomic mass is 32.2. The molecular weight excluding hydrogens is 244 g/mol. The lowest BCUT2D eigenvalue weighted by Gasteiger charge is -2.17. The predicted molar refractivity (Wildman–Crippen MR) is 68.5 cm³/mol. The van der Waals surface area contributed by atoms with E-state index in [1.54, 1.807) is 0 Å². The Bertz CT molecular complexity index is 270. The molecular formula is C11H18O3S2. The standard InChI is InChI=1S/C11H18O3S2/c1-11(2)13-8(9(7-12)14-11)6-10-15-4-3-5-16-10/h6,8-9,12H,3-5,7H2,1-2H3/t8-,9+/m0/s1. The molecule has 1 N–H and O–H groups in total. The van der Waals surface area contributed by atoms with E-state index in [0.29, 0.717) is 0 Å². The molecule has 92 valence electrons. The molecule has 5 heteroatoms. The first-order valence-corrected chi connectivity index (χ1v) is 7.52. The van der Waals surface area contributed by atoms with Crippen LogP contribution in [0.4, 0.5) is 0 Å². The van der Waals surface area contributed by atoms with Crippen molar-refractivity contribution in [1.82, 2.24) is 0 Å². The first-order chi connectivity index (χ1) is 7.61. The lowest BCUT2D eigenvalue weighted by atomic mass is 10.2. The smallest absolute Gasteiger partial charge is 0.164 e. The van der Waals surface area contributed by atoms with Crippen LogP contribution in [0.15, 0.2) is 10.3 Å². The second kappa shape index (κ2) is 5.31. The summed E-state index contributed by atoms with van der Waals surface area (Å²) in [6.45, 7) is 3.78. The molecule has 0 spiro atoms. The molecule has 0 saturated carbocycles. The van der Waals surface area contributed by atoms with Crippen LogP contribution in [0.3, 0.4) is 0 Å². The summed E-state index contributed by atoms with van der Waals surface area (Å²) in [5.74, 6) is 1.78. The number of thioether (sulfide) groups is 2. The normalized spacial score (nSPS) is 34.1. The molecule has 0 radical (unpaired) electrons. The van der Waals surface area contributed by atoms with Crippen LogP contribution in [0, 0.1) is 0 Å². The number of hydrogen-bond donors (Lipinski definition) is 1. The third kappa shape index (κ3) is 3.17. The molecule has 2 saturated heterocycles. The topological polar surface area (TPSA) is 38.7 Å². The van der Waals surface area contributed by atoms with Crippen LogP contribution in [-0.4, -0.2) is 41.2 Å². The van der Waals surface area contributed by atoms with Crippen molar-refractivity contribution in [2.24, 2.45) is 0 Å². The molecule has 2 atom stereocenters. The highest BCUT2D eigenvalue weighted by Gasteiger charge is 2.40. The van der Waals surface area contributed by atoms with Crippen molar-refractivity contribution in [1.29, 1.82) is 0 Å². The second-order valence-electron chi connectivity index (χ2n) is 4.36. The first-order valence-electron chi connectivity index (χ1n) is 5.55. The van der Waals surface area contributed by atoms with Gasteiger partial charge >= 0.3 is 0 Å². The van der Waals surface area contributed by atoms with Gasteiger partial charge in [-0.1, -0.05) is 0 Å². The largest absolute Gasteiger partial charge is 0.394 e. The maximum absolute atomic E-state index is 9.25. The summed E-state index contributed by atoms with van der Waals surface area (Å²) in [4.78, 5) is 0. The summed E-state index contributed by atoms with van der Waals surface area (Å²) in [7, 11) is 0. The van der Waals surface area contributed by atoms with Crippen molar-refractivity contribution in [2.45, 2.75) is 38.3 Å². The van der Waals surface area contributed by atoms with Crippen molar-refractivity contribution in [3.63, 3.8) is 0 Å². The average molecular weight is 262 g/mol. The van der Waals surface area contributed by atoms with Crippen LogP contribution in [0.1, 0.15) is 20.3 Å². The summed E-state index contributed by atoms with van der Waals surface area (Å²) in [5, 5.41) is 9.25. The van der Waals surface area contributed by atoms with Gasteiger partial charge in [0.15, 0.2) is 5.79 Å². The maximum Gasteiger partial charge on any atom is 0.164 e. The Labute approximate surface area is 105 Å². The van der Waals surface area contributed by atoms with E-state index in [1.165, 1.54) is 22.2 Å². The fraction of sp³-hybridized carbons (Fsp3) is 0.818. The van der Waals surface area contributed by atoms with Gasteiger partial charge in [0.1, 0.15) is 12.2 Å². The van der Waals surface area contributed by atoms with Crippen molar-refractivity contribution in [2.75, 3.05) is 18.1 Å². The summed E-state index contributed by atoms with van der Waals surface area (Å²) in [6, 6.07) is 0. The molecule has 2 rings (SSSR count). The van der Waals surface area contributed by atoms with Crippen LogP contribution in [-0.2, 0) is 9.47 Å². The zero-order valence-corrected chi connectivity index (χ0v) is 11.3. The minimum atomic E-state index is -0.584. The second-order valence-corrected chi connectivity index (χ2v) is 6.89. The zero-order chi connectivity index (χ0) is 11.6. The first kappa shape index (κ1) is 12.8. The molecule has 0 aromatic rings. The van der Waals surface area contributed by atoms with Crippen LogP contribution >= 0.6 is 23.5 Å². The molecule has 0 aromatic heterocycles. The van der Waals surface area contributed by atoms with Gasteiger partial charge in [-0.15, -0.1) is 23.5 Å². The van der Waals surface area contributed by atoms with Gasteiger partial charge in [0.25, 0.3) is 0 Å². The predicted octanol–water partition coefficient (Wildman–Crippen LogP) is 2.21. The van der Waals surface area contributed by atoms with E-state index in [-0.39, 0.29) is 18.8 Å². The molecule has 2 aliphatic heterocycles. The van der Waals surface area contributed by atoms with Gasteiger partial charge in [0, 0.05) is 4.24 Å². The summed E-state index contributed by atoms with van der Waals surface area (Å²) in [6.07, 6.45) is 3.02. The molecule has 0 bridgehead atoms. The van der Waals surface area contributed by atoms with Crippen molar-refractivity contribution >= 4 is 23.5 Å². The number of aliphatic hydroxyl groups is 1. The van der Waals surface area contributed by atoms with Crippen molar-refractivity contribution in [3.8, 4) is 0 Å². The third-order valence-electron chi connectivity index (χ3n) is 2.48. The van der Waals surface area contributed by atoms with Gasteiger partial charge in [-0.3, -0.25) is 0 Å². The zero-order valence-electron chi connectivity index (χ0n) is 9.64. The van der Waals surface area contributed by atoms with E-state index in [1.807, 2.05) is 37.4 Å². The lowest BCUT2D eigenvalue weighted by molar-refractivity contribution is -0.146. The SMILES string of the molecule is CC1(C)O[C@@H](C=C2SCCCS2)[C@@H](CO)O1. The Hall–Kier alpha value is 0.320. The van der Waals surface area contributed by atoms with Gasteiger partial charge in [0.2, 0.25) is 0 Å². The van der Waals surface area contributed by atoms with Crippen LogP contribution in [0.2, 0.25) is 0 Å². The van der Waals surface area contributed by atoms with Gasteiger partial charge < -0.3 is 14.6 Å². The molecule has 0 amide bonds. The number of ether oxygens (including phenoxy) is 2. The quantitative estimate of drug-likeness (QED) is 0.826. The molecule has 0 aromatic carbocycles. The van der Waals surface area contributed by atoms with Crippen LogP contribution in [0.5, 0.6) is 0 Å². The van der Waals surface area contributed by atoms with E-state index in [9.17, 15) is 5.11 Å². The Morgan fingerprint density at radius 3 is 2.69 bits per heavy atom. The Kier molecular flexibility index (Phi) is 4.24. The number of hydrogen-bond acceptors (Lipinski definition) is 5. The Balaban J connectivity index is 2.02. The fourth-order valence-corrected chi connectivity index (χ4v) is 4.28. The molecule has 2 heterocycles. The monoisotopic (exact) mass is 262 g/mol. The van der Waals surface area contributed by atoms with E-state index in [0.717, 1.165) is 0 Å². The molecule has 2 fully saturated rings. The van der Waals surface area contributed by atoms with Crippen molar-refractivity contribution < 1.29 is 14.6 Å². The minimum absolute atomic E-state index is 0.00715. The third-order valence-corrected chi connectivity index (χ3v) is 5.01. The maximum atomic E-state index is 9.25. The van der Waals surface area contributed by atoms with Gasteiger partial charge in [-0.05, 0) is 37.9 Å². The fourth-order valence-electron chi connectivity index (χ4n) is 1.82. The molecule has 2 aliphatic rings. The Morgan fingerprint density at radius 2 is 2.06 bits per heavy atom. The number of aliphatic hydroxyl groups excluding tert-OH is 1. The highest BCUT2D eigenvalue weighted by Crippen LogP contribution is 2.37. The Morgan fingerprint density at radius 1 is 1.38 bits per heavy atom. The molecule has 0 unspecified atom stereocenters. The minimum Gasteiger partial charge on any atom is -0.394 e. The van der Waals surface area contributed by atoms with Crippen LogP contribution < -0.4 is 0 Å². The van der Waals surface area contributed by atoms with E-state index in [4.69, 9.17) is 9.47 Å². The summed E-state index contributed by atoms with van der Waals surface area (Å²) < 4.78 is 12.7. The van der Waals surface area contributed by atoms with E-state index < -0.39 is 5.79 Å². The van der Waals surface area contributed by atoms with E-state index >= 15 is 0 Å². The number of rotatable bonds is 2. The lowest BCUT2D eigenvalue weighted by Crippen LogP contribution is -2.25. The van der Waals surface area contributed by atoms with Gasteiger partial charge in [0.05, 0.1) is 6.61 Å². The molecule has 0 aliphatic carbocycles. The van der Waals surface area contributed by atoms with Gasteiger partial charge in [-0.25, -0.2) is 0 Å². The molecule has 16 heavy (non-hydrogen) atoms. The summed E-state index contributed by atoms with van der Waals surface area (Å²) in [5.41, 5.74) is 0. The molecule has 3 nitrogen and oxygen atoms in total. The summed E-state index contributed by atoms with van der Waals surface area (Å²) >= 11 is 3.74. The highest BCUT2D eigenvalue weighted by molar-refractivity contribution is 8.22. The van der Waals surface area contributed by atoms with Gasteiger partial charge in [-0.2, -0.15) is 0 Å². The van der Waals surface area contributed by atoms with E-state index in [2.05, 4.69) is 6.08 Å². The average Bonchev–Trinajstić information content (AvgIpc) is 2.54. The van der Waals surface area contributed by atoms with Crippen LogP contribution in [0.25, 0.3) is 0 Å².